The molecule has 0 saturated heterocycles. The summed E-state index contributed by atoms with van der Waals surface area (Å²) >= 11 is 5.93. The average molecular weight is 347 g/mol. The van der Waals surface area contributed by atoms with E-state index in [9.17, 15) is 9.36 Å². The first-order valence-electron chi connectivity index (χ1n) is 7.00. The molecule has 0 amide bonds. The van der Waals surface area contributed by atoms with Crippen LogP contribution in [0.2, 0.25) is 5.02 Å². The number of esters is 1. The molecule has 122 valence electrons. The van der Waals surface area contributed by atoms with Gasteiger partial charge in [0.25, 0.3) is 0 Å². The van der Waals surface area contributed by atoms with E-state index in [1.165, 1.54) is 6.08 Å². The lowest BCUT2D eigenvalue weighted by atomic mass is 10.2. The topological polar surface area (TPSA) is 61.8 Å². The average Bonchev–Trinajstić information content (AvgIpc) is 2.45. The van der Waals surface area contributed by atoms with Crippen LogP contribution in [0, 0.1) is 0 Å². The van der Waals surface area contributed by atoms with Gasteiger partial charge < -0.3 is 13.8 Å². The van der Waals surface area contributed by atoms with E-state index in [1.807, 2.05) is 0 Å². The van der Waals surface area contributed by atoms with Gasteiger partial charge in [0.05, 0.1) is 19.8 Å². The minimum absolute atomic E-state index is 0.139. The van der Waals surface area contributed by atoms with E-state index in [0.717, 1.165) is 0 Å². The van der Waals surface area contributed by atoms with Crippen LogP contribution in [0.4, 0.5) is 0 Å². The molecule has 0 aliphatic heterocycles. The third kappa shape index (κ3) is 5.25. The summed E-state index contributed by atoms with van der Waals surface area (Å²) in [6.45, 7) is 5.46. The summed E-state index contributed by atoms with van der Waals surface area (Å²) in [6, 6.07) is 6.80. The molecule has 0 aliphatic carbocycles. The van der Waals surface area contributed by atoms with Gasteiger partial charge in [-0.25, -0.2) is 4.79 Å². The van der Waals surface area contributed by atoms with Gasteiger partial charge >= 0.3 is 13.6 Å². The van der Waals surface area contributed by atoms with Crippen LogP contribution in [-0.2, 0) is 23.1 Å². The molecule has 0 bridgehead atoms. The zero-order chi connectivity index (χ0) is 16.6. The Balaban J connectivity index is 3.33. The number of halogens is 1. The highest BCUT2D eigenvalue weighted by Crippen LogP contribution is 2.57. The van der Waals surface area contributed by atoms with Crippen LogP contribution < -0.4 is 0 Å². The quantitative estimate of drug-likeness (QED) is 0.393. The van der Waals surface area contributed by atoms with E-state index in [4.69, 9.17) is 25.4 Å². The van der Waals surface area contributed by atoms with Gasteiger partial charge in [0.15, 0.2) is 0 Å². The first-order chi connectivity index (χ1) is 10.5. The minimum Gasteiger partial charge on any atom is -0.462 e. The Hall–Kier alpha value is -1.13. The largest absolute Gasteiger partial charge is 0.462 e. The monoisotopic (exact) mass is 346 g/mol. The smallest absolute Gasteiger partial charge is 0.368 e. The van der Waals surface area contributed by atoms with Crippen molar-refractivity contribution in [1.82, 2.24) is 0 Å². The van der Waals surface area contributed by atoms with Gasteiger partial charge in [0.2, 0.25) is 0 Å². The first kappa shape index (κ1) is 18.9. The number of ether oxygens (including phenoxy) is 1. The first-order valence-corrected chi connectivity index (χ1v) is 8.93. The molecule has 22 heavy (non-hydrogen) atoms. The molecule has 5 nitrogen and oxygen atoms in total. The second kappa shape index (κ2) is 9.11. The van der Waals surface area contributed by atoms with Crippen LogP contribution in [-0.4, -0.2) is 25.8 Å². The molecule has 1 aromatic carbocycles. The van der Waals surface area contributed by atoms with Crippen LogP contribution in [0.3, 0.4) is 0 Å². The van der Waals surface area contributed by atoms with Gasteiger partial charge in [-0.15, -0.1) is 0 Å². The number of benzene rings is 1. The summed E-state index contributed by atoms with van der Waals surface area (Å²) in [7, 11) is -3.75. The van der Waals surface area contributed by atoms with Crippen molar-refractivity contribution >= 4 is 31.2 Å². The van der Waals surface area contributed by atoms with Crippen molar-refractivity contribution in [2.24, 2.45) is 0 Å². The van der Waals surface area contributed by atoms with Crippen LogP contribution in [0.1, 0.15) is 26.3 Å². The van der Waals surface area contributed by atoms with Crippen LogP contribution in [0.5, 0.6) is 0 Å². The Kier molecular flexibility index (Phi) is 7.83. The summed E-state index contributed by atoms with van der Waals surface area (Å²) in [5.41, 5.74) is 0.607. The lowest BCUT2D eigenvalue weighted by Crippen LogP contribution is -2.11. The Morgan fingerprint density at radius 1 is 1.18 bits per heavy atom. The summed E-state index contributed by atoms with van der Waals surface area (Å²) in [6.07, 6.45) is 1.43. The number of carbonyl (C=O) groups is 1. The summed E-state index contributed by atoms with van der Waals surface area (Å²) in [5.74, 6) is -0.729. The highest BCUT2D eigenvalue weighted by molar-refractivity contribution is 7.60. The number of rotatable bonds is 8. The predicted molar refractivity (Wildman–Crippen MR) is 86.9 cm³/mol. The van der Waals surface area contributed by atoms with Crippen molar-refractivity contribution in [3.63, 3.8) is 0 Å². The van der Waals surface area contributed by atoms with Gasteiger partial charge in [0, 0.05) is 5.02 Å². The molecule has 0 saturated carbocycles. The molecule has 0 fully saturated rings. The van der Waals surface area contributed by atoms with Crippen LogP contribution in [0.15, 0.2) is 29.6 Å². The highest BCUT2D eigenvalue weighted by atomic mass is 35.5. The minimum atomic E-state index is -3.75. The third-order valence-electron chi connectivity index (χ3n) is 2.53. The molecule has 0 spiro atoms. The summed E-state index contributed by atoms with van der Waals surface area (Å²) in [5, 5.41) is 0.361. The number of carbonyl (C=O) groups excluding carboxylic acids is 1. The van der Waals surface area contributed by atoms with Gasteiger partial charge in [-0.1, -0.05) is 23.7 Å². The Morgan fingerprint density at radius 2 is 1.82 bits per heavy atom. The van der Waals surface area contributed by atoms with Crippen molar-refractivity contribution in [2.45, 2.75) is 20.8 Å². The molecular formula is C15H20ClO5P. The van der Waals surface area contributed by atoms with E-state index in [2.05, 4.69) is 0 Å². The molecule has 0 aromatic heterocycles. The normalized spacial score (nSPS) is 12.3. The molecule has 0 radical (unpaired) electrons. The molecule has 7 heteroatoms. The SMILES string of the molecule is CCOC(=O)C(=Cc1cccc(Cl)c1)P(=O)(OCC)OCC. The van der Waals surface area contributed by atoms with E-state index in [1.54, 1.807) is 45.0 Å². The molecule has 0 aliphatic rings. The second-order valence-electron chi connectivity index (χ2n) is 4.14. The zero-order valence-corrected chi connectivity index (χ0v) is 14.5. The lowest BCUT2D eigenvalue weighted by molar-refractivity contribution is -0.137. The molecule has 0 N–H and O–H groups in total. The van der Waals surface area contributed by atoms with Crippen molar-refractivity contribution in [3.05, 3.63) is 40.2 Å². The van der Waals surface area contributed by atoms with Crippen molar-refractivity contribution < 1.29 is 23.1 Å². The molecule has 1 aromatic rings. The lowest BCUT2D eigenvalue weighted by Gasteiger charge is -2.19. The fourth-order valence-electron chi connectivity index (χ4n) is 1.73. The maximum atomic E-state index is 12.9. The maximum Gasteiger partial charge on any atom is 0.368 e. The summed E-state index contributed by atoms with van der Waals surface area (Å²) in [4.78, 5) is 12.2. The van der Waals surface area contributed by atoms with Crippen LogP contribution >= 0.6 is 19.2 Å². The number of hydrogen-bond donors (Lipinski definition) is 0. The van der Waals surface area contributed by atoms with Gasteiger partial charge in [-0.2, -0.15) is 0 Å². The molecule has 0 heterocycles. The molecule has 1 rings (SSSR count). The van der Waals surface area contributed by atoms with E-state index < -0.39 is 13.6 Å². The van der Waals surface area contributed by atoms with Crippen molar-refractivity contribution in [1.29, 1.82) is 0 Å². The molecule has 0 atom stereocenters. The van der Waals surface area contributed by atoms with Gasteiger partial charge in [-0.3, -0.25) is 4.57 Å². The summed E-state index contributed by atoms with van der Waals surface area (Å²) < 4.78 is 28.3. The fraction of sp³-hybridized carbons (Fsp3) is 0.400. The van der Waals surface area contributed by atoms with Gasteiger partial charge in [0.1, 0.15) is 5.31 Å². The second-order valence-corrected chi connectivity index (χ2v) is 6.57. The predicted octanol–water partition coefficient (Wildman–Crippen LogP) is 4.51. The van der Waals surface area contributed by atoms with Crippen molar-refractivity contribution in [2.75, 3.05) is 19.8 Å². The third-order valence-corrected chi connectivity index (χ3v) is 4.86. The van der Waals surface area contributed by atoms with E-state index in [-0.39, 0.29) is 25.1 Å². The van der Waals surface area contributed by atoms with Crippen LogP contribution in [0.25, 0.3) is 6.08 Å². The zero-order valence-electron chi connectivity index (χ0n) is 12.9. The van der Waals surface area contributed by atoms with E-state index >= 15 is 0 Å². The Morgan fingerprint density at radius 3 is 2.32 bits per heavy atom. The maximum absolute atomic E-state index is 12.9. The van der Waals surface area contributed by atoms with E-state index in [0.29, 0.717) is 10.6 Å². The molecule has 0 unspecified atom stereocenters. The standard InChI is InChI=1S/C15H20ClO5P/c1-4-19-15(17)14(22(18,20-5-2)21-6-3)11-12-8-7-9-13(16)10-12/h7-11H,4-6H2,1-3H3. The molecular weight excluding hydrogens is 327 g/mol. The van der Waals surface area contributed by atoms with Crippen molar-refractivity contribution in [3.8, 4) is 0 Å². The number of hydrogen-bond acceptors (Lipinski definition) is 5. The van der Waals surface area contributed by atoms with Gasteiger partial charge in [-0.05, 0) is 44.5 Å². The fourth-order valence-corrected chi connectivity index (χ4v) is 3.55. The Labute approximate surface area is 135 Å². The highest BCUT2D eigenvalue weighted by Gasteiger charge is 2.36. The Bertz CT molecular complexity index is 575.